The molecule has 0 aliphatic heterocycles. The van der Waals surface area contributed by atoms with E-state index in [1.165, 1.54) is 12.5 Å². The van der Waals surface area contributed by atoms with Gasteiger partial charge in [0.15, 0.2) is 0 Å². The van der Waals surface area contributed by atoms with Gasteiger partial charge in [-0.2, -0.15) is 10.2 Å². The zero-order valence-corrected chi connectivity index (χ0v) is 17.9. The molecule has 0 radical (unpaired) electrons. The van der Waals surface area contributed by atoms with Gasteiger partial charge < -0.3 is 14.6 Å². The molecule has 0 aliphatic rings. The number of rotatable bonds is 8. The van der Waals surface area contributed by atoms with Gasteiger partial charge in [0, 0.05) is 12.6 Å². The highest BCUT2D eigenvalue weighted by atomic mass is 16.3. The Kier molecular flexibility index (Phi) is 6.16. The van der Waals surface area contributed by atoms with Crippen molar-refractivity contribution < 1.29 is 14.0 Å². The van der Waals surface area contributed by atoms with Crippen LogP contribution in [-0.2, 0) is 13.0 Å². The predicted molar refractivity (Wildman–Crippen MR) is 119 cm³/mol. The second kappa shape index (κ2) is 9.34. The predicted octanol–water partition coefficient (Wildman–Crippen LogP) is 3.67. The lowest BCUT2D eigenvalue weighted by Gasteiger charge is -2.16. The van der Waals surface area contributed by atoms with E-state index in [-0.39, 0.29) is 11.8 Å². The van der Waals surface area contributed by atoms with E-state index in [2.05, 4.69) is 27.5 Å². The van der Waals surface area contributed by atoms with Gasteiger partial charge in [-0.25, -0.2) is 4.68 Å². The Balaban J connectivity index is 1.38. The van der Waals surface area contributed by atoms with Gasteiger partial charge in [0.1, 0.15) is 6.26 Å². The first kappa shape index (κ1) is 21.1. The van der Waals surface area contributed by atoms with Crippen LogP contribution in [-0.4, -0.2) is 43.7 Å². The smallest absolute Gasteiger partial charge is 0.259 e. The first-order chi connectivity index (χ1) is 15.5. The number of amides is 2. The zero-order chi connectivity index (χ0) is 22.5. The summed E-state index contributed by atoms with van der Waals surface area (Å²) in [5.41, 5.74) is 4.24. The fraction of sp³-hybridized carbons (Fsp3) is 0.217. The van der Waals surface area contributed by atoms with Gasteiger partial charge in [0.05, 0.1) is 53.5 Å². The van der Waals surface area contributed by atoms with Crippen molar-refractivity contribution in [2.75, 3.05) is 12.4 Å². The number of nitrogens with one attached hydrogen (secondary N) is 2. The van der Waals surface area contributed by atoms with Crippen molar-refractivity contribution in [2.45, 2.75) is 26.3 Å². The lowest BCUT2D eigenvalue weighted by atomic mass is 10.1. The van der Waals surface area contributed by atoms with Crippen molar-refractivity contribution in [1.29, 1.82) is 0 Å². The van der Waals surface area contributed by atoms with Crippen LogP contribution in [0.4, 0.5) is 5.69 Å². The number of aromatic amines is 1. The van der Waals surface area contributed by atoms with E-state index in [1.54, 1.807) is 47.2 Å². The Labute approximate surface area is 185 Å². The van der Waals surface area contributed by atoms with Crippen LogP contribution in [0.2, 0.25) is 0 Å². The van der Waals surface area contributed by atoms with Crippen molar-refractivity contribution in [1.82, 2.24) is 24.9 Å². The third-order valence-corrected chi connectivity index (χ3v) is 4.95. The highest BCUT2D eigenvalue weighted by molar-refractivity contribution is 6.03. The average molecular weight is 432 g/mol. The van der Waals surface area contributed by atoms with Gasteiger partial charge in [0.25, 0.3) is 11.8 Å². The van der Waals surface area contributed by atoms with E-state index in [4.69, 9.17) is 4.42 Å². The molecule has 0 bridgehead atoms. The molecule has 0 saturated carbocycles. The fourth-order valence-electron chi connectivity index (χ4n) is 3.30. The maximum absolute atomic E-state index is 12.8. The molecule has 4 rings (SSSR count). The minimum atomic E-state index is -0.277. The van der Waals surface area contributed by atoms with Crippen molar-refractivity contribution in [2.24, 2.45) is 0 Å². The minimum Gasteiger partial charge on any atom is -0.472 e. The molecule has 164 valence electrons. The average Bonchev–Trinajstić information content (AvgIpc) is 3.56. The Morgan fingerprint density at radius 1 is 1.19 bits per heavy atom. The Morgan fingerprint density at radius 3 is 2.72 bits per heavy atom. The second-order valence-corrected chi connectivity index (χ2v) is 7.48. The summed E-state index contributed by atoms with van der Waals surface area (Å²) in [6.45, 7) is 2.56. The molecule has 1 aromatic carbocycles. The van der Waals surface area contributed by atoms with Gasteiger partial charge in [-0.1, -0.05) is 13.3 Å². The number of aromatic nitrogens is 4. The van der Waals surface area contributed by atoms with Gasteiger partial charge in [-0.15, -0.1) is 0 Å². The summed E-state index contributed by atoms with van der Waals surface area (Å²) in [4.78, 5) is 26.5. The number of furan rings is 1. The van der Waals surface area contributed by atoms with E-state index < -0.39 is 0 Å². The third kappa shape index (κ3) is 4.77. The van der Waals surface area contributed by atoms with Gasteiger partial charge in [-0.05, 0) is 42.8 Å². The SMILES string of the molecule is CCCc1cc(CN(C)C(=O)c2ccc(-n3cc(NC(=O)c4ccoc4)cn3)cc2)[nH]n1. The van der Waals surface area contributed by atoms with Gasteiger partial charge >= 0.3 is 0 Å². The Bertz CT molecular complexity index is 1190. The largest absolute Gasteiger partial charge is 0.472 e. The molecule has 0 unspecified atom stereocenters. The molecule has 32 heavy (non-hydrogen) atoms. The van der Waals surface area contributed by atoms with Gasteiger partial charge in [-0.3, -0.25) is 14.7 Å². The van der Waals surface area contributed by atoms with E-state index in [9.17, 15) is 9.59 Å². The first-order valence-electron chi connectivity index (χ1n) is 10.3. The highest BCUT2D eigenvalue weighted by Gasteiger charge is 2.14. The van der Waals surface area contributed by atoms with Crippen LogP contribution in [0.5, 0.6) is 0 Å². The summed E-state index contributed by atoms with van der Waals surface area (Å²) in [7, 11) is 1.76. The molecular formula is C23H24N6O3. The lowest BCUT2D eigenvalue weighted by Crippen LogP contribution is -2.26. The number of anilines is 1. The highest BCUT2D eigenvalue weighted by Crippen LogP contribution is 2.15. The Morgan fingerprint density at radius 2 is 2.00 bits per heavy atom. The van der Waals surface area contributed by atoms with Crippen molar-refractivity contribution in [3.8, 4) is 5.69 Å². The van der Waals surface area contributed by atoms with Crippen LogP contribution in [0.25, 0.3) is 5.69 Å². The quantitative estimate of drug-likeness (QED) is 0.442. The summed E-state index contributed by atoms with van der Waals surface area (Å²) in [5.74, 6) is -0.363. The molecule has 0 fully saturated rings. The molecule has 3 aromatic heterocycles. The minimum absolute atomic E-state index is 0.0864. The number of H-pyrrole nitrogens is 1. The van der Waals surface area contributed by atoms with Crippen LogP contribution in [0.3, 0.4) is 0 Å². The molecule has 9 heteroatoms. The molecular weight excluding hydrogens is 408 g/mol. The number of benzene rings is 1. The van der Waals surface area contributed by atoms with E-state index >= 15 is 0 Å². The molecule has 2 N–H and O–H groups in total. The standard InChI is InChI=1S/C23H24N6O3/c1-3-4-18-11-19(27-26-18)13-28(2)23(31)16-5-7-21(8-6-16)29-14-20(12-24-29)25-22(30)17-9-10-32-15-17/h5-12,14-15H,3-4,13H2,1-2H3,(H,25,30)(H,26,27). The van der Waals surface area contributed by atoms with Crippen LogP contribution >= 0.6 is 0 Å². The fourth-order valence-corrected chi connectivity index (χ4v) is 3.30. The molecule has 4 aromatic rings. The normalized spacial score (nSPS) is 10.8. The van der Waals surface area contributed by atoms with Crippen molar-refractivity contribution in [3.05, 3.63) is 83.8 Å². The lowest BCUT2D eigenvalue weighted by molar-refractivity contribution is 0.0783. The van der Waals surface area contributed by atoms with Crippen LogP contribution in [0.1, 0.15) is 45.4 Å². The number of nitrogens with zero attached hydrogens (tertiary/aromatic N) is 4. The molecule has 9 nitrogen and oxygen atoms in total. The summed E-state index contributed by atoms with van der Waals surface area (Å²) >= 11 is 0. The topological polar surface area (TPSA) is 109 Å². The van der Waals surface area contributed by atoms with E-state index in [0.29, 0.717) is 23.4 Å². The maximum atomic E-state index is 12.8. The molecule has 0 aliphatic carbocycles. The van der Waals surface area contributed by atoms with Gasteiger partial charge in [0.2, 0.25) is 0 Å². The van der Waals surface area contributed by atoms with Crippen molar-refractivity contribution >= 4 is 17.5 Å². The van der Waals surface area contributed by atoms with Crippen LogP contribution in [0.15, 0.2) is 65.7 Å². The molecule has 3 heterocycles. The monoisotopic (exact) mass is 432 g/mol. The van der Waals surface area contributed by atoms with Crippen LogP contribution < -0.4 is 5.32 Å². The second-order valence-electron chi connectivity index (χ2n) is 7.48. The summed E-state index contributed by atoms with van der Waals surface area (Å²) in [6, 6.07) is 10.7. The number of hydrogen-bond donors (Lipinski definition) is 2. The first-order valence-corrected chi connectivity index (χ1v) is 10.3. The van der Waals surface area contributed by atoms with Crippen LogP contribution in [0, 0.1) is 0 Å². The molecule has 2 amide bonds. The summed E-state index contributed by atoms with van der Waals surface area (Å²) in [6.07, 6.45) is 8.02. The van der Waals surface area contributed by atoms with Crippen molar-refractivity contribution in [3.63, 3.8) is 0 Å². The molecule has 0 spiro atoms. The number of aryl methyl sites for hydroxylation is 1. The number of hydrogen-bond acceptors (Lipinski definition) is 5. The van der Waals surface area contributed by atoms with E-state index in [0.717, 1.165) is 29.9 Å². The van der Waals surface area contributed by atoms with E-state index in [1.807, 2.05) is 18.2 Å². The Hall–Kier alpha value is -4.14. The zero-order valence-electron chi connectivity index (χ0n) is 17.9. The summed E-state index contributed by atoms with van der Waals surface area (Å²) in [5, 5.41) is 14.3. The summed E-state index contributed by atoms with van der Waals surface area (Å²) < 4.78 is 6.55. The molecule has 0 atom stereocenters. The number of carbonyl (C=O) groups is 2. The maximum Gasteiger partial charge on any atom is 0.259 e. The number of carbonyl (C=O) groups excluding carboxylic acids is 2. The molecule has 0 saturated heterocycles. The third-order valence-electron chi connectivity index (χ3n) is 4.95.